The topological polar surface area (TPSA) is 160 Å². The van der Waals surface area contributed by atoms with Gasteiger partial charge in [-0.25, -0.2) is 9.78 Å². The highest BCUT2D eigenvalue weighted by molar-refractivity contribution is 5.78. The van der Waals surface area contributed by atoms with Gasteiger partial charge in [0.25, 0.3) is 0 Å². The first-order valence-corrected chi connectivity index (χ1v) is 15.5. The third kappa shape index (κ3) is 11.3. The molecule has 11 heteroatoms. The zero-order chi connectivity index (χ0) is 33.6. The highest BCUT2D eigenvalue weighted by Crippen LogP contribution is 2.27. The predicted molar refractivity (Wildman–Crippen MR) is 182 cm³/mol. The number of nitrogens with one attached hydrogen (secondary N) is 4. The van der Waals surface area contributed by atoms with Crippen LogP contribution in [0.2, 0.25) is 0 Å². The second-order valence-corrected chi connectivity index (χ2v) is 11.4. The minimum atomic E-state index is -0.679. The van der Waals surface area contributed by atoms with Crippen LogP contribution in [0.1, 0.15) is 46.4 Å². The Kier molecular flexibility index (Phi) is 13.0. The van der Waals surface area contributed by atoms with E-state index >= 15 is 0 Å². The van der Waals surface area contributed by atoms with Crippen LogP contribution in [0, 0.1) is 0 Å². The molecule has 0 aliphatic rings. The smallest absolute Gasteiger partial charge is 0.315 e. The number of nitrogens with two attached hydrogens (primary N) is 1. The van der Waals surface area contributed by atoms with Gasteiger partial charge < -0.3 is 41.6 Å². The van der Waals surface area contributed by atoms with Gasteiger partial charge in [-0.05, 0) is 59.4 Å². The molecule has 2 atom stereocenters. The summed E-state index contributed by atoms with van der Waals surface area (Å²) in [6, 6.07) is 24.5. The molecule has 1 heterocycles. The highest BCUT2D eigenvalue weighted by atomic mass is 16.5. The molecular formula is C36H44N6O5. The highest BCUT2D eigenvalue weighted by Gasteiger charge is 2.12. The number of pyridine rings is 1. The van der Waals surface area contributed by atoms with Crippen molar-refractivity contribution in [1.82, 2.24) is 26.3 Å². The van der Waals surface area contributed by atoms with Gasteiger partial charge in [0.15, 0.2) is 11.5 Å². The van der Waals surface area contributed by atoms with Crippen LogP contribution in [0.15, 0.2) is 85.1 Å². The fourth-order valence-corrected chi connectivity index (χ4v) is 4.98. The number of amides is 3. The number of carbonyl (C=O) groups is 2. The number of carbonyl (C=O) groups excluding carboxylic acids is 2. The molecule has 1 aromatic heterocycles. The number of rotatable bonds is 16. The third-order valence-corrected chi connectivity index (χ3v) is 7.62. The summed E-state index contributed by atoms with van der Waals surface area (Å²) >= 11 is 0. The van der Waals surface area contributed by atoms with Crippen LogP contribution in [0.25, 0.3) is 0 Å². The normalized spacial score (nSPS) is 12.1. The summed E-state index contributed by atoms with van der Waals surface area (Å²) in [6.45, 7) is 3.58. The molecule has 0 saturated carbocycles. The van der Waals surface area contributed by atoms with Gasteiger partial charge in [0.1, 0.15) is 5.82 Å². The number of urea groups is 1. The van der Waals surface area contributed by atoms with Gasteiger partial charge in [0.2, 0.25) is 5.91 Å². The van der Waals surface area contributed by atoms with E-state index in [0.717, 1.165) is 34.2 Å². The molecule has 3 amide bonds. The third-order valence-electron chi connectivity index (χ3n) is 7.62. The van der Waals surface area contributed by atoms with Gasteiger partial charge in [-0.1, -0.05) is 60.7 Å². The predicted octanol–water partition coefficient (Wildman–Crippen LogP) is 3.79. The number of aromatic nitrogens is 1. The van der Waals surface area contributed by atoms with E-state index in [2.05, 4.69) is 33.2 Å². The van der Waals surface area contributed by atoms with Crippen LogP contribution in [0.3, 0.4) is 0 Å². The van der Waals surface area contributed by atoms with E-state index in [-0.39, 0.29) is 24.4 Å². The van der Waals surface area contributed by atoms with E-state index in [1.165, 1.54) is 0 Å². The summed E-state index contributed by atoms with van der Waals surface area (Å²) in [4.78, 5) is 29.0. The molecule has 0 spiro atoms. The Morgan fingerprint density at radius 1 is 0.787 bits per heavy atom. The second kappa shape index (κ2) is 17.5. The number of hydrogen-bond acceptors (Lipinski definition) is 8. The summed E-state index contributed by atoms with van der Waals surface area (Å²) in [6.07, 6.45) is 1.94. The number of nitrogens with zero attached hydrogens (tertiary/aromatic N) is 1. The maximum atomic E-state index is 12.7. The van der Waals surface area contributed by atoms with Crippen molar-refractivity contribution in [2.24, 2.45) is 0 Å². The van der Waals surface area contributed by atoms with Crippen molar-refractivity contribution in [3.8, 4) is 11.5 Å². The number of nitrogen functional groups attached to an aromatic ring is 1. The van der Waals surface area contributed by atoms with Crippen LogP contribution in [-0.4, -0.2) is 48.8 Å². The Labute approximate surface area is 275 Å². The Morgan fingerprint density at radius 2 is 1.43 bits per heavy atom. The fourth-order valence-electron chi connectivity index (χ4n) is 4.98. The van der Waals surface area contributed by atoms with E-state index in [9.17, 15) is 14.7 Å². The molecule has 4 aromatic rings. The number of methoxy groups -OCH3 is 2. The monoisotopic (exact) mass is 640 g/mol. The number of aliphatic hydroxyl groups is 1. The molecule has 248 valence electrons. The van der Waals surface area contributed by atoms with E-state index in [4.69, 9.17) is 15.2 Å². The van der Waals surface area contributed by atoms with Gasteiger partial charge in [-0.15, -0.1) is 0 Å². The van der Waals surface area contributed by atoms with Crippen molar-refractivity contribution in [1.29, 1.82) is 0 Å². The van der Waals surface area contributed by atoms with Crippen molar-refractivity contribution in [3.05, 3.63) is 118 Å². The van der Waals surface area contributed by atoms with E-state index in [1.807, 2.05) is 60.7 Å². The first-order valence-electron chi connectivity index (χ1n) is 15.5. The molecule has 0 aliphatic heterocycles. The SMILES string of the molecule is COc1ccc(CNC(=O)NCc2ccc(CNC(=O)Cc3cccc(C[C@@H](C)NC[C@@H](O)c4ccc(N)nc4)c3)cc2)cc1OC. The van der Waals surface area contributed by atoms with Crippen molar-refractivity contribution in [2.75, 3.05) is 26.5 Å². The summed E-state index contributed by atoms with van der Waals surface area (Å²) in [5, 5.41) is 22.5. The lowest BCUT2D eigenvalue weighted by atomic mass is 10.0. The summed E-state index contributed by atoms with van der Waals surface area (Å²) in [7, 11) is 3.15. The zero-order valence-electron chi connectivity index (χ0n) is 27.1. The Hall–Kier alpha value is -5.13. The molecule has 7 N–H and O–H groups in total. The molecule has 0 unspecified atom stereocenters. The molecule has 3 aromatic carbocycles. The minimum Gasteiger partial charge on any atom is -0.493 e. The van der Waals surface area contributed by atoms with Crippen LogP contribution < -0.4 is 36.5 Å². The lowest BCUT2D eigenvalue weighted by molar-refractivity contribution is -0.120. The van der Waals surface area contributed by atoms with Crippen molar-refractivity contribution >= 4 is 17.8 Å². The molecule has 0 fully saturated rings. The largest absolute Gasteiger partial charge is 0.493 e. The molecule has 0 bridgehead atoms. The number of anilines is 1. The van der Waals surface area contributed by atoms with Crippen molar-refractivity contribution in [3.63, 3.8) is 0 Å². The Balaban J connectivity index is 1.15. The average Bonchev–Trinajstić information content (AvgIpc) is 3.08. The van der Waals surface area contributed by atoms with Gasteiger partial charge in [-0.2, -0.15) is 0 Å². The summed E-state index contributed by atoms with van der Waals surface area (Å²) in [5.74, 6) is 1.59. The van der Waals surface area contributed by atoms with E-state index in [0.29, 0.717) is 49.1 Å². The van der Waals surface area contributed by atoms with Gasteiger partial charge in [0.05, 0.1) is 26.7 Å². The van der Waals surface area contributed by atoms with Crippen LogP contribution >= 0.6 is 0 Å². The number of ether oxygens (including phenoxy) is 2. The standard InChI is InChI=1S/C36H44N6O5/c1-24(38-23-31(43)30-12-14-34(37)39-22-30)15-27-5-4-6-28(16-27)18-35(44)40-19-25-7-9-26(10-8-25)20-41-36(45)42-21-29-11-13-32(46-2)33(17-29)47-3/h4-14,16-17,22,24,31,38,43H,15,18-21,23H2,1-3H3,(H2,37,39)(H,40,44)(H2,41,42,45)/t24-,31-/m1/s1. The fraction of sp³-hybridized carbons (Fsp3) is 0.306. The lowest BCUT2D eigenvalue weighted by Crippen LogP contribution is -2.34. The lowest BCUT2D eigenvalue weighted by Gasteiger charge is -2.18. The Bertz CT molecular complexity index is 1600. The number of benzene rings is 3. The quantitative estimate of drug-likeness (QED) is 0.108. The molecule has 0 saturated heterocycles. The Morgan fingerprint density at radius 3 is 2.09 bits per heavy atom. The van der Waals surface area contributed by atoms with Crippen molar-refractivity contribution in [2.45, 2.75) is 51.5 Å². The molecule has 0 radical (unpaired) electrons. The van der Waals surface area contributed by atoms with Gasteiger partial charge in [0, 0.05) is 44.0 Å². The van der Waals surface area contributed by atoms with Crippen LogP contribution in [-0.2, 0) is 37.3 Å². The van der Waals surface area contributed by atoms with Crippen LogP contribution in [0.4, 0.5) is 10.6 Å². The molecule has 47 heavy (non-hydrogen) atoms. The first kappa shape index (κ1) is 34.7. The van der Waals surface area contributed by atoms with E-state index in [1.54, 1.807) is 38.6 Å². The average molecular weight is 641 g/mol. The number of aliphatic hydroxyl groups excluding tert-OH is 1. The zero-order valence-corrected chi connectivity index (χ0v) is 27.1. The van der Waals surface area contributed by atoms with Crippen molar-refractivity contribution < 1.29 is 24.2 Å². The maximum Gasteiger partial charge on any atom is 0.315 e. The van der Waals surface area contributed by atoms with Gasteiger partial charge >= 0.3 is 6.03 Å². The molecule has 11 nitrogen and oxygen atoms in total. The minimum absolute atomic E-state index is 0.0644. The molecule has 4 rings (SSSR count). The van der Waals surface area contributed by atoms with Gasteiger partial charge in [-0.3, -0.25) is 4.79 Å². The van der Waals surface area contributed by atoms with E-state index < -0.39 is 6.10 Å². The number of hydrogen-bond donors (Lipinski definition) is 6. The first-order chi connectivity index (χ1) is 22.7. The summed E-state index contributed by atoms with van der Waals surface area (Å²) in [5.41, 5.74) is 11.2. The summed E-state index contributed by atoms with van der Waals surface area (Å²) < 4.78 is 10.6. The maximum absolute atomic E-state index is 12.7. The molecule has 0 aliphatic carbocycles. The second-order valence-electron chi connectivity index (χ2n) is 11.4. The van der Waals surface area contributed by atoms with Crippen LogP contribution in [0.5, 0.6) is 11.5 Å². The molecular weight excluding hydrogens is 596 g/mol.